The summed E-state index contributed by atoms with van der Waals surface area (Å²) in [5.74, 6) is 3.12. The lowest BCUT2D eigenvalue weighted by atomic mass is 9.50. The highest BCUT2D eigenvalue weighted by molar-refractivity contribution is 5.76. The largest absolute Gasteiger partial charge is 0.458 e. The van der Waals surface area contributed by atoms with Gasteiger partial charge in [-0.1, -0.05) is 6.92 Å². The Morgan fingerprint density at radius 2 is 1.58 bits per heavy atom. The average molecular weight is 264 g/mol. The van der Waals surface area contributed by atoms with E-state index in [1.54, 1.807) is 0 Å². The minimum Gasteiger partial charge on any atom is -0.458 e. The van der Waals surface area contributed by atoms with Gasteiger partial charge in [-0.2, -0.15) is 0 Å². The summed E-state index contributed by atoms with van der Waals surface area (Å²) in [6, 6.07) is 0. The molecule has 0 aromatic carbocycles. The molecule has 0 saturated heterocycles. The van der Waals surface area contributed by atoms with Crippen LogP contribution in [0.15, 0.2) is 0 Å². The second-order valence-corrected chi connectivity index (χ2v) is 8.12. The average Bonchev–Trinajstić information content (AvgIpc) is 2.35. The zero-order chi connectivity index (χ0) is 13.8. The van der Waals surface area contributed by atoms with Gasteiger partial charge in [-0.25, -0.2) is 0 Å². The summed E-state index contributed by atoms with van der Waals surface area (Å²) < 4.78 is 6.13. The SMILES string of the molecule is CCC(C)(C)C(=O)OC1(C)C2CC3CC(C2)CC1C3. The van der Waals surface area contributed by atoms with Gasteiger partial charge in [0.05, 0.1) is 5.41 Å². The van der Waals surface area contributed by atoms with Crippen molar-refractivity contribution >= 4 is 5.97 Å². The maximum absolute atomic E-state index is 12.5. The van der Waals surface area contributed by atoms with E-state index in [0.29, 0.717) is 11.8 Å². The molecule has 0 radical (unpaired) electrons. The van der Waals surface area contributed by atoms with Crippen LogP contribution in [0, 0.1) is 29.1 Å². The zero-order valence-electron chi connectivity index (χ0n) is 12.9. The van der Waals surface area contributed by atoms with Crippen LogP contribution in [-0.2, 0) is 9.53 Å². The summed E-state index contributed by atoms with van der Waals surface area (Å²) in [5, 5.41) is 0. The van der Waals surface area contributed by atoms with Gasteiger partial charge in [0.15, 0.2) is 0 Å². The highest BCUT2D eigenvalue weighted by Crippen LogP contribution is 2.59. The molecule has 19 heavy (non-hydrogen) atoms. The molecule has 0 atom stereocenters. The summed E-state index contributed by atoms with van der Waals surface area (Å²) in [6.07, 6.45) is 7.47. The molecular weight excluding hydrogens is 236 g/mol. The van der Waals surface area contributed by atoms with Gasteiger partial charge >= 0.3 is 5.97 Å². The summed E-state index contributed by atoms with van der Waals surface area (Å²) in [6.45, 7) is 8.31. The number of carbonyl (C=O) groups is 1. The van der Waals surface area contributed by atoms with Crippen molar-refractivity contribution in [1.29, 1.82) is 0 Å². The van der Waals surface area contributed by atoms with E-state index < -0.39 is 0 Å². The van der Waals surface area contributed by atoms with Crippen molar-refractivity contribution < 1.29 is 9.53 Å². The molecule has 2 nitrogen and oxygen atoms in total. The molecule has 0 aromatic rings. The molecule has 4 saturated carbocycles. The normalized spacial score (nSPS) is 44.4. The van der Waals surface area contributed by atoms with E-state index in [1.807, 2.05) is 13.8 Å². The van der Waals surface area contributed by atoms with Gasteiger partial charge in [-0.15, -0.1) is 0 Å². The molecule has 4 bridgehead atoms. The van der Waals surface area contributed by atoms with E-state index in [9.17, 15) is 4.79 Å². The first kappa shape index (κ1) is 13.5. The van der Waals surface area contributed by atoms with E-state index in [4.69, 9.17) is 4.74 Å². The minimum absolute atomic E-state index is 0.0185. The van der Waals surface area contributed by atoms with Gasteiger partial charge in [0.25, 0.3) is 0 Å². The molecule has 0 N–H and O–H groups in total. The number of hydrogen-bond donors (Lipinski definition) is 0. The van der Waals surface area contributed by atoms with Gasteiger partial charge in [-0.3, -0.25) is 4.79 Å². The maximum Gasteiger partial charge on any atom is 0.312 e. The van der Waals surface area contributed by atoms with Crippen molar-refractivity contribution in [3.63, 3.8) is 0 Å². The lowest BCUT2D eigenvalue weighted by Gasteiger charge is -2.59. The van der Waals surface area contributed by atoms with Crippen LogP contribution < -0.4 is 0 Å². The topological polar surface area (TPSA) is 26.3 Å². The Labute approximate surface area is 117 Å². The molecule has 0 aromatic heterocycles. The Balaban J connectivity index is 1.78. The van der Waals surface area contributed by atoms with Gasteiger partial charge in [0.2, 0.25) is 0 Å². The second-order valence-electron chi connectivity index (χ2n) is 8.12. The quantitative estimate of drug-likeness (QED) is 0.715. The van der Waals surface area contributed by atoms with Crippen molar-refractivity contribution in [2.75, 3.05) is 0 Å². The molecule has 0 heterocycles. The third kappa shape index (κ3) is 2.02. The standard InChI is InChI=1S/C17H28O2/c1-5-16(2,3)15(18)19-17(4)13-7-11-6-12(9-13)10-14(17)8-11/h11-14H,5-10H2,1-4H3. The molecule has 4 rings (SSSR count). The van der Waals surface area contributed by atoms with Crippen LogP contribution in [0.4, 0.5) is 0 Å². The Morgan fingerprint density at radius 3 is 2.00 bits per heavy atom. The first-order chi connectivity index (χ1) is 8.85. The summed E-state index contributed by atoms with van der Waals surface area (Å²) in [5.41, 5.74) is -0.505. The molecule has 4 fully saturated rings. The van der Waals surface area contributed by atoms with E-state index in [1.165, 1.54) is 32.1 Å². The Morgan fingerprint density at radius 1 is 1.11 bits per heavy atom. The molecule has 0 aliphatic heterocycles. The molecule has 108 valence electrons. The second kappa shape index (κ2) is 4.23. The molecule has 4 aliphatic carbocycles. The molecule has 2 heteroatoms. The van der Waals surface area contributed by atoms with Crippen molar-refractivity contribution in [2.45, 2.75) is 71.8 Å². The number of hydrogen-bond acceptors (Lipinski definition) is 2. The minimum atomic E-state index is -0.336. The van der Waals surface area contributed by atoms with Crippen LogP contribution in [0.25, 0.3) is 0 Å². The van der Waals surface area contributed by atoms with Crippen LogP contribution in [-0.4, -0.2) is 11.6 Å². The third-order valence-electron chi connectivity index (χ3n) is 6.51. The Kier molecular flexibility index (Phi) is 3.00. The van der Waals surface area contributed by atoms with Gasteiger partial charge < -0.3 is 4.74 Å². The number of esters is 1. The fourth-order valence-electron chi connectivity index (χ4n) is 4.77. The maximum atomic E-state index is 12.5. The van der Waals surface area contributed by atoms with E-state index >= 15 is 0 Å². The van der Waals surface area contributed by atoms with Gasteiger partial charge in [-0.05, 0) is 83.0 Å². The first-order valence-corrected chi connectivity index (χ1v) is 8.08. The lowest BCUT2D eigenvalue weighted by Crippen LogP contribution is -2.58. The molecule has 0 amide bonds. The van der Waals surface area contributed by atoms with E-state index in [0.717, 1.165) is 18.3 Å². The highest BCUT2D eigenvalue weighted by Gasteiger charge is 2.57. The fraction of sp³-hybridized carbons (Fsp3) is 0.941. The lowest BCUT2D eigenvalue weighted by molar-refractivity contribution is -0.211. The fourth-order valence-corrected chi connectivity index (χ4v) is 4.77. The van der Waals surface area contributed by atoms with Gasteiger partial charge in [0, 0.05) is 0 Å². The summed E-state index contributed by atoms with van der Waals surface area (Å²) in [7, 11) is 0. The molecule has 0 unspecified atom stereocenters. The Hall–Kier alpha value is -0.530. The number of ether oxygens (including phenoxy) is 1. The third-order valence-corrected chi connectivity index (χ3v) is 6.51. The van der Waals surface area contributed by atoms with Crippen LogP contribution in [0.3, 0.4) is 0 Å². The molecule has 0 spiro atoms. The molecular formula is C17H28O2. The number of rotatable bonds is 3. The predicted octanol–water partition coefficient (Wildman–Crippen LogP) is 4.18. The predicted molar refractivity (Wildman–Crippen MR) is 75.6 cm³/mol. The van der Waals surface area contributed by atoms with Gasteiger partial charge in [0.1, 0.15) is 5.60 Å². The summed E-state index contributed by atoms with van der Waals surface area (Å²) in [4.78, 5) is 12.5. The van der Waals surface area contributed by atoms with Crippen LogP contribution in [0.5, 0.6) is 0 Å². The first-order valence-electron chi connectivity index (χ1n) is 8.08. The smallest absolute Gasteiger partial charge is 0.312 e. The van der Waals surface area contributed by atoms with Crippen molar-refractivity contribution in [1.82, 2.24) is 0 Å². The van der Waals surface area contributed by atoms with Crippen LogP contribution >= 0.6 is 0 Å². The monoisotopic (exact) mass is 264 g/mol. The Bertz CT molecular complexity index is 355. The van der Waals surface area contributed by atoms with Crippen LogP contribution in [0.1, 0.15) is 66.2 Å². The van der Waals surface area contributed by atoms with E-state index in [-0.39, 0.29) is 17.0 Å². The summed E-state index contributed by atoms with van der Waals surface area (Å²) >= 11 is 0. The number of carbonyl (C=O) groups excluding carboxylic acids is 1. The van der Waals surface area contributed by atoms with Crippen molar-refractivity contribution in [2.24, 2.45) is 29.1 Å². The van der Waals surface area contributed by atoms with Crippen molar-refractivity contribution in [3.05, 3.63) is 0 Å². The zero-order valence-corrected chi connectivity index (χ0v) is 12.9. The van der Waals surface area contributed by atoms with E-state index in [2.05, 4.69) is 13.8 Å². The van der Waals surface area contributed by atoms with Crippen LogP contribution in [0.2, 0.25) is 0 Å². The van der Waals surface area contributed by atoms with Crippen molar-refractivity contribution in [3.8, 4) is 0 Å². The highest BCUT2D eigenvalue weighted by atomic mass is 16.6. The molecule has 4 aliphatic rings.